The van der Waals surface area contributed by atoms with E-state index in [0.717, 1.165) is 16.9 Å². The van der Waals surface area contributed by atoms with Crippen molar-refractivity contribution in [2.24, 2.45) is 5.92 Å². The third kappa shape index (κ3) is 5.28. The molecule has 3 amide bonds. The topological polar surface area (TPSA) is 123 Å². The van der Waals surface area contributed by atoms with Crippen LogP contribution in [0.15, 0.2) is 42.5 Å². The summed E-state index contributed by atoms with van der Waals surface area (Å²) in [6.45, 7) is 1.13. The molecule has 0 bridgehead atoms. The van der Waals surface area contributed by atoms with Crippen LogP contribution < -0.4 is 20.1 Å². The van der Waals surface area contributed by atoms with Crippen LogP contribution in [0.2, 0.25) is 0 Å². The Kier molecular flexibility index (Phi) is 6.76. The van der Waals surface area contributed by atoms with Crippen molar-refractivity contribution in [2.45, 2.75) is 19.4 Å². The van der Waals surface area contributed by atoms with Gasteiger partial charge in [-0.2, -0.15) is 0 Å². The lowest BCUT2D eigenvalue weighted by Crippen LogP contribution is -2.45. The van der Waals surface area contributed by atoms with Crippen molar-refractivity contribution in [1.82, 2.24) is 20.4 Å². The van der Waals surface area contributed by atoms with E-state index in [9.17, 15) is 18.8 Å². The number of rotatable bonds is 6. The number of carbonyl (C=O) groups is 3. The summed E-state index contributed by atoms with van der Waals surface area (Å²) in [4.78, 5) is 39.8. The van der Waals surface area contributed by atoms with Gasteiger partial charge in [0.15, 0.2) is 11.5 Å². The van der Waals surface area contributed by atoms with Gasteiger partial charge in [-0.3, -0.25) is 14.4 Å². The van der Waals surface area contributed by atoms with E-state index in [1.54, 1.807) is 35.2 Å². The number of piperidine rings is 1. The van der Waals surface area contributed by atoms with E-state index in [-0.39, 0.29) is 53.4 Å². The number of aromatic nitrogens is 2. The van der Waals surface area contributed by atoms with Gasteiger partial charge in [-0.15, -0.1) is 10.2 Å². The molecule has 186 valence electrons. The van der Waals surface area contributed by atoms with Crippen molar-refractivity contribution in [1.29, 1.82) is 0 Å². The molecule has 2 aromatic carbocycles. The smallest absolute Gasteiger partial charge is 0.286 e. The molecule has 1 fully saturated rings. The molecule has 0 saturated carbocycles. The number of benzene rings is 2. The Labute approximate surface area is 209 Å². The molecular weight excluding hydrogens is 489 g/mol. The van der Waals surface area contributed by atoms with Crippen LogP contribution in [0.5, 0.6) is 11.5 Å². The van der Waals surface area contributed by atoms with Crippen LogP contribution in [0.4, 0.5) is 10.1 Å². The highest BCUT2D eigenvalue weighted by atomic mass is 32.1. The molecule has 3 heterocycles. The molecule has 0 radical (unpaired) electrons. The molecule has 3 aromatic rings. The van der Waals surface area contributed by atoms with Crippen LogP contribution in [0.25, 0.3) is 0 Å². The Morgan fingerprint density at radius 1 is 1.06 bits per heavy atom. The average Bonchev–Trinajstić information content (AvgIpc) is 3.58. The molecule has 0 unspecified atom stereocenters. The Morgan fingerprint density at radius 2 is 1.83 bits per heavy atom. The molecule has 2 N–H and O–H groups in total. The van der Waals surface area contributed by atoms with Crippen LogP contribution in [0.1, 0.15) is 38.0 Å². The van der Waals surface area contributed by atoms with Crippen molar-refractivity contribution in [3.63, 3.8) is 0 Å². The van der Waals surface area contributed by atoms with Gasteiger partial charge < -0.3 is 25.0 Å². The minimum Gasteiger partial charge on any atom is -0.454 e. The number of anilines is 1. The van der Waals surface area contributed by atoms with Gasteiger partial charge in [0.05, 0.1) is 5.92 Å². The average molecular weight is 512 g/mol. The maximum Gasteiger partial charge on any atom is 0.286 e. The van der Waals surface area contributed by atoms with Gasteiger partial charge in [-0.05, 0) is 42.7 Å². The zero-order valence-corrected chi connectivity index (χ0v) is 19.8. The van der Waals surface area contributed by atoms with Gasteiger partial charge in [0.1, 0.15) is 5.82 Å². The highest BCUT2D eigenvalue weighted by molar-refractivity contribution is 7.15. The van der Waals surface area contributed by atoms with Crippen LogP contribution in [-0.4, -0.2) is 52.7 Å². The largest absolute Gasteiger partial charge is 0.454 e. The number of halogens is 1. The fourth-order valence-electron chi connectivity index (χ4n) is 4.01. The van der Waals surface area contributed by atoms with Crippen LogP contribution >= 0.6 is 11.3 Å². The first-order valence-electron chi connectivity index (χ1n) is 11.3. The van der Waals surface area contributed by atoms with E-state index in [1.807, 2.05) is 0 Å². The number of nitrogens with one attached hydrogen (secondary N) is 2. The van der Waals surface area contributed by atoms with E-state index in [0.29, 0.717) is 36.6 Å². The molecule has 1 atom stereocenters. The lowest BCUT2D eigenvalue weighted by atomic mass is 9.97. The van der Waals surface area contributed by atoms with E-state index < -0.39 is 5.91 Å². The molecular formula is C24H22FN5O5S. The first-order chi connectivity index (χ1) is 17.5. The minimum atomic E-state index is -0.498. The molecule has 12 heteroatoms. The highest BCUT2D eigenvalue weighted by Gasteiger charge is 2.31. The summed E-state index contributed by atoms with van der Waals surface area (Å²) in [7, 11) is 0. The van der Waals surface area contributed by atoms with Gasteiger partial charge in [0.2, 0.25) is 22.7 Å². The molecule has 2 aliphatic rings. The minimum absolute atomic E-state index is 0.0432. The standard InChI is InChI=1S/C24H22FN5O5S/c25-16-5-3-14(4-6-16)11-26-20(31)15-2-1-9-30(12-15)24(33)23-29-28-22(36-23)21(32)27-17-7-8-18-19(10-17)35-13-34-18/h3-8,10,15H,1-2,9,11-13H2,(H,26,31)(H,27,32)/t15-/m1/s1. The van der Waals surface area contributed by atoms with Crippen molar-refractivity contribution < 1.29 is 28.2 Å². The van der Waals surface area contributed by atoms with Gasteiger partial charge in [0.25, 0.3) is 11.8 Å². The predicted octanol–water partition coefficient (Wildman–Crippen LogP) is 2.83. The SMILES string of the molecule is O=C(Nc1ccc2c(c1)OCO2)c1nnc(C(=O)N2CCC[C@@H](C(=O)NCc3ccc(F)cc3)C2)s1. The third-order valence-corrected chi connectivity index (χ3v) is 6.80. The van der Waals surface area contributed by atoms with Crippen LogP contribution in [0.3, 0.4) is 0 Å². The van der Waals surface area contributed by atoms with Crippen LogP contribution in [0, 0.1) is 11.7 Å². The van der Waals surface area contributed by atoms with Crippen molar-refractivity contribution in [3.05, 3.63) is 63.9 Å². The molecule has 1 saturated heterocycles. The Morgan fingerprint density at radius 3 is 2.67 bits per heavy atom. The third-order valence-electron chi connectivity index (χ3n) is 5.89. The molecule has 5 rings (SSSR count). The summed E-state index contributed by atoms with van der Waals surface area (Å²) in [6.07, 6.45) is 1.31. The lowest BCUT2D eigenvalue weighted by molar-refractivity contribution is -0.126. The molecule has 1 aromatic heterocycles. The molecule has 10 nitrogen and oxygen atoms in total. The van der Waals surface area contributed by atoms with Crippen molar-refractivity contribution in [2.75, 3.05) is 25.2 Å². The first-order valence-corrected chi connectivity index (χ1v) is 12.1. The van der Waals surface area contributed by atoms with Crippen molar-refractivity contribution >= 4 is 34.7 Å². The molecule has 0 aliphatic carbocycles. The Balaban J connectivity index is 1.17. The van der Waals surface area contributed by atoms with Gasteiger partial charge >= 0.3 is 0 Å². The first kappa shape index (κ1) is 23.7. The summed E-state index contributed by atoms with van der Waals surface area (Å²) in [5, 5.41) is 13.5. The van der Waals surface area contributed by atoms with Crippen LogP contribution in [-0.2, 0) is 11.3 Å². The second-order valence-electron chi connectivity index (χ2n) is 8.37. The number of hydrogen-bond donors (Lipinski definition) is 2. The normalized spacial score (nSPS) is 16.5. The van der Waals surface area contributed by atoms with Gasteiger partial charge in [-0.25, -0.2) is 4.39 Å². The number of fused-ring (bicyclic) bond motifs is 1. The summed E-state index contributed by atoms with van der Waals surface area (Å²) in [5.41, 5.74) is 1.28. The molecule has 2 aliphatic heterocycles. The number of ether oxygens (including phenoxy) is 2. The summed E-state index contributed by atoms with van der Waals surface area (Å²) in [5.74, 6) is -0.615. The van der Waals surface area contributed by atoms with E-state index >= 15 is 0 Å². The predicted molar refractivity (Wildman–Crippen MR) is 127 cm³/mol. The van der Waals surface area contributed by atoms with Crippen molar-refractivity contribution in [3.8, 4) is 11.5 Å². The monoisotopic (exact) mass is 511 g/mol. The fourth-order valence-corrected chi connectivity index (χ4v) is 4.71. The number of amides is 3. The fraction of sp³-hybridized carbons (Fsp3) is 0.292. The second kappa shape index (κ2) is 10.3. The summed E-state index contributed by atoms with van der Waals surface area (Å²) < 4.78 is 23.6. The zero-order chi connectivity index (χ0) is 25.1. The van der Waals surface area contributed by atoms with E-state index in [1.165, 1.54) is 12.1 Å². The quantitative estimate of drug-likeness (QED) is 0.522. The number of nitrogens with zero attached hydrogens (tertiary/aromatic N) is 3. The Bertz CT molecular complexity index is 1300. The highest BCUT2D eigenvalue weighted by Crippen LogP contribution is 2.34. The maximum atomic E-state index is 13.1. The molecule has 36 heavy (non-hydrogen) atoms. The summed E-state index contributed by atoms with van der Waals surface area (Å²) >= 11 is 0.893. The summed E-state index contributed by atoms with van der Waals surface area (Å²) in [6, 6.07) is 10.9. The van der Waals surface area contributed by atoms with Gasteiger partial charge in [0, 0.05) is 31.4 Å². The number of likely N-dealkylation sites (tertiary alicyclic amines) is 1. The zero-order valence-electron chi connectivity index (χ0n) is 19.0. The van der Waals surface area contributed by atoms with E-state index in [2.05, 4.69) is 20.8 Å². The van der Waals surface area contributed by atoms with Gasteiger partial charge in [-0.1, -0.05) is 23.5 Å². The maximum absolute atomic E-state index is 13.1. The number of hydrogen-bond acceptors (Lipinski definition) is 8. The Hall–Kier alpha value is -4.06. The van der Waals surface area contributed by atoms with E-state index in [4.69, 9.17) is 9.47 Å². The lowest BCUT2D eigenvalue weighted by Gasteiger charge is -2.31. The second-order valence-corrected chi connectivity index (χ2v) is 9.35. The molecule has 0 spiro atoms. The number of carbonyl (C=O) groups excluding carboxylic acids is 3.